The predicted octanol–water partition coefficient (Wildman–Crippen LogP) is 5.22. The van der Waals surface area contributed by atoms with Crippen molar-refractivity contribution in [2.45, 2.75) is 38.2 Å². The van der Waals surface area contributed by atoms with Crippen molar-refractivity contribution in [2.75, 3.05) is 19.6 Å². The summed E-state index contributed by atoms with van der Waals surface area (Å²) in [5, 5.41) is 11.4. The maximum Gasteiger partial charge on any atom is 0.146 e. The van der Waals surface area contributed by atoms with Crippen LogP contribution in [0.4, 0.5) is 0 Å². The van der Waals surface area contributed by atoms with Gasteiger partial charge in [-0.25, -0.2) is 0 Å². The molecule has 3 nitrogen and oxygen atoms in total. The van der Waals surface area contributed by atoms with Crippen LogP contribution in [0.2, 0.25) is 5.02 Å². The summed E-state index contributed by atoms with van der Waals surface area (Å²) in [6.07, 6.45) is 4.62. The largest absolute Gasteiger partial charge is 0.456 e. The molecule has 1 N–H and O–H groups in total. The Labute approximate surface area is 155 Å². The molecule has 134 valence electrons. The van der Waals surface area contributed by atoms with Crippen molar-refractivity contribution < 1.29 is 9.84 Å². The number of rotatable bonds is 6. The van der Waals surface area contributed by atoms with Crippen molar-refractivity contribution in [2.24, 2.45) is 0 Å². The molecule has 0 aromatic heterocycles. The quantitative estimate of drug-likeness (QED) is 0.767. The number of para-hydroxylation sites is 1. The zero-order chi connectivity index (χ0) is 17.7. The summed E-state index contributed by atoms with van der Waals surface area (Å²) in [4.78, 5) is 2.45. The molecular weight excluding hydrogens is 334 g/mol. The van der Waals surface area contributed by atoms with Crippen LogP contribution < -0.4 is 4.74 Å². The van der Waals surface area contributed by atoms with Crippen molar-refractivity contribution >= 4 is 11.6 Å². The Morgan fingerprint density at radius 2 is 1.72 bits per heavy atom. The number of nitrogens with zero attached hydrogens (tertiary/aromatic N) is 1. The van der Waals surface area contributed by atoms with E-state index in [1.54, 1.807) is 6.07 Å². The number of likely N-dealkylation sites (tertiary alicyclic amines) is 1. The molecule has 2 aromatic rings. The molecule has 0 amide bonds. The molecule has 0 spiro atoms. The van der Waals surface area contributed by atoms with E-state index in [1.165, 1.54) is 19.3 Å². The molecule has 1 heterocycles. The van der Waals surface area contributed by atoms with E-state index in [0.717, 1.165) is 31.6 Å². The highest BCUT2D eigenvalue weighted by molar-refractivity contribution is 6.32. The number of hydrogen-bond donors (Lipinski definition) is 1. The lowest BCUT2D eigenvalue weighted by Crippen LogP contribution is -2.34. The SMILES string of the molecule is CC(O)(CCN1CCCCC1)c1ccc(Oc2ccccc2Cl)cc1. The van der Waals surface area contributed by atoms with E-state index in [2.05, 4.69) is 4.90 Å². The van der Waals surface area contributed by atoms with Gasteiger partial charge in [0.15, 0.2) is 0 Å². The topological polar surface area (TPSA) is 32.7 Å². The van der Waals surface area contributed by atoms with Crippen LogP contribution in [0.15, 0.2) is 48.5 Å². The van der Waals surface area contributed by atoms with E-state index in [0.29, 0.717) is 16.5 Å². The van der Waals surface area contributed by atoms with Crippen LogP contribution in [0.5, 0.6) is 11.5 Å². The zero-order valence-electron chi connectivity index (χ0n) is 14.7. The molecule has 4 heteroatoms. The Morgan fingerprint density at radius 1 is 1.04 bits per heavy atom. The van der Waals surface area contributed by atoms with Gasteiger partial charge in [0.05, 0.1) is 10.6 Å². The lowest BCUT2D eigenvalue weighted by molar-refractivity contribution is 0.0337. The van der Waals surface area contributed by atoms with Crippen molar-refractivity contribution in [3.05, 3.63) is 59.1 Å². The van der Waals surface area contributed by atoms with Crippen LogP contribution in [0.25, 0.3) is 0 Å². The molecule has 1 aliphatic rings. The summed E-state index contributed by atoms with van der Waals surface area (Å²) < 4.78 is 5.81. The molecule has 1 fully saturated rings. The van der Waals surface area contributed by atoms with Crippen molar-refractivity contribution in [3.63, 3.8) is 0 Å². The van der Waals surface area contributed by atoms with Crippen LogP contribution in [-0.4, -0.2) is 29.6 Å². The number of ether oxygens (including phenoxy) is 1. The molecule has 1 unspecified atom stereocenters. The molecule has 3 rings (SSSR count). The number of hydrogen-bond acceptors (Lipinski definition) is 3. The average molecular weight is 360 g/mol. The van der Waals surface area contributed by atoms with Crippen LogP contribution in [0.1, 0.15) is 38.2 Å². The van der Waals surface area contributed by atoms with Gasteiger partial charge in [0.1, 0.15) is 11.5 Å². The van der Waals surface area contributed by atoms with E-state index in [-0.39, 0.29) is 0 Å². The fourth-order valence-electron chi connectivity index (χ4n) is 3.24. The smallest absolute Gasteiger partial charge is 0.146 e. The molecule has 0 saturated carbocycles. The van der Waals surface area contributed by atoms with E-state index in [4.69, 9.17) is 16.3 Å². The number of halogens is 1. The standard InChI is InChI=1S/C21H26ClNO2/c1-21(24,13-16-23-14-5-2-6-15-23)17-9-11-18(12-10-17)25-20-8-4-3-7-19(20)22/h3-4,7-12,24H,2,5-6,13-16H2,1H3. The zero-order valence-corrected chi connectivity index (χ0v) is 15.5. The van der Waals surface area contributed by atoms with Gasteiger partial charge in [0, 0.05) is 6.54 Å². The van der Waals surface area contributed by atoms with Gasteiger partial charge in [-0.15, -0.1) is 0 Å². The maximum absolute atomic E-state index is 10.9. The molecule has 0 bridgehead atoms. The lowest BCUT2D eigenvalue weighted by atomic mass is 9.92. The molecule has 25 heavy (non-hydrogen) atoms. The minimum atomic E-state index is -0.833. The maximum atomic E-state index is 10.9. The Morgan fingerprint density at radius 3 is 2.40 bits per heavy atom. The van der Waals surface area contributed by atoms with Gasteiger partial charge in [0.25, 0.3) is 0 Å². The van der Waals surface area contributed by atoms with Gasteiger partial charge in [-0.1, -0.05) is 42.3 Å². The van der Waals surface area contributed by atoms with Gasteiger partial charge >= 0.3 is 0 Å². The van der Waals surface area contributed by atoms with Crippen molar-refractivity contribution in [3.8, 4) is 11.5 Å². The summed E-state index contributed by atoms with van der Waals surface area (Å²) in [7, 11) is 0. The Balaban J connectivity index is 1.61. The molecule has 1 atom stereocenters. The minimum Gasteiger partial charge on any atom is -0.456 e. The van der Waals surface area contributed by atoms with Gasteiger partial charge in [-0.05, 0) is 69.1 Å². The average Bonchev–Trinajstić information content (AvgIpc) is 2.63. The van der Waals surface area contributed by atoms with E-state index >= 15 is 0 Å². The second-order valence-corrected chi connectivity index (χ2v) is 7.39. The summed E-state index contributed by atoms with van der Waals surface area (Å²) >= 11 is 6.12. The first-order valence-corrected chi connectivity index (χ1v) is 9.40. The van der Waals surface area contributed by atoms with Gasteiger partial charge < -0.3 is 14.7 Å². The Kier molecular flexibility index (Phi) is 6.00. The number of aliphatic hydroxyl groups is 1. The minimum absolute atomic E-state index is 0.583. The summed E-state index contributed by atoms with van der Waals surface area (Å²) in [5.74, 6) is 1.34. The summed E-state index contributed by atoms with van der Waals surface area (Å²) in [5.41, 5.74) is 0.0800. The van der Waals surface area contributed by atoms with Gasteiger partial charge in [-0.2, -0.15) is 0 Å². The number of benzene rings is 2. The normalized spacial score (nSPS) is 17.9. The fraction of sp³-hybridized carbons (Fsp3) is 0.429. The molecule has 1 aliphatic heterocycles. The first kappa shape index (κ1) is 18.2. The first-order chi connectivity index (χ1) is 12.0. The van der Waals surface area contributed by atoms with Crippen LogP contribution in [0, 0.1) is 0 Å². The first-order valence-electron chi connectivity index (χ1n) is 9.02. The summed E-state index contributed by atoms with van der Waals surface area (Å²) in [6, 6.07) is 15.0. The molecular formula is C21H26ClNO2. The van der Waals surface area contributed by atoms with Crippen molar-refractivity contribution in [1.82, 2.24) is 4.90 Å². The molecule has 0 aliphatic carbocycles. The Bertz CT molecular complexity index is 679. The fourth-order valence-corrected chi connectivity index (χ4v) is 3.41. The monoisotopic (exact) mass is 359 g/mol. The highest BCUT2D eigenvalue weighted by Gasteiger charge is 2.24. The molecule has 2 aromatic carbocycles. The molecule has 0 radical (unpaired) electrons. The highest BCUT2D eigenvalue weighted by Crippen LogP contribution is 2.31. The van der Waals surface area contributed by atoms with Crippen molar-refractivity contribution in [1.29, 1.82) is 0 Å². The van der Waals surface area contributed by atoms with E-state index < -0.39 is 5.60 Å². The third-order valence-electron chi connectivity index (χ3n) is 4.90. The lowest BCUT2D eigenvalue weighted by Gasteiger charge is -2.31. The third kappa shape index (κ3) is 4.97. The summed E-state index contributed by atoms with van der Waals surface area (Å²) in [6.45, 7) is 5.13. The molecule has 1 saturated heterocycles. The van der Waals surface area contributed by atoms with Crippen LogP contribution in [-0.2, 0) is 5.60 Å². The van der Waals surface area contributed by atoms with Crippen LogP contribution in [0.3, 0.4) is 0 Å². The second kappa shape index (κ2) is 8.22. The van der Waals surface area contributed by atoms with E-state index in [1.807, 2.05) is 49.4 Å². The van der Waals surface area contributed by atoms with Crippen LogP contribution >= 0.6 is 11.6 Å². The second-order valence-electron chi connectivity index (χ2n) is 6.98. The van der Waals surface area contributed by atoms with Gasteiger partial charge in [0.2, 0.25) is 0 Å². The highest BCUT2D eigenvalue weighted by atomic mass is 35.5. The predicted molar refractivity (Wildman–Crippen MR) is 102 cm³/mol. The Hall–Kier alpha value is -1.55. The van der Waals surface area contributed by atoms with E-state index in [9.17, 15) is 5.11 Å². The third-order valence-corrected chi connectivity index (χ3v) is 5.22. The van der Waals surface area contributed by atoms with Gasteiger partial charge in [-0.3, -0.25) is 0 Å². The number of piperidine rings is 1.